The molecule has 0 aromatic heterocycles. The number of amidine groups is 2. The summed E-state index contributed by atoms with van der Waals surface area (Å²) < 4.78 is 1.47. The first-order valence-corrected chi connectivity index (χ1v) is 12.9. The van der Waals surface area contributed by atoms with Crippen molar-refractivity contribution < 1.29 is 4.79 Å². The van der Waals surface area contributed by atoms with E-state index in [9.17, 15) is 4.79 Å². The van der Waals surface area contributed by atoms with Gasteiger partial charge in [0.1, 0.15) is 0 Å². The number of para-hydroxylation sites is 2. The SMILES string of the molecule is Cc1ccc(N2C(=NC(=O)c3ccccc3)[Se]C(=Nc3ccccc3)C2=Nc2ccccc2)cc1. The van der Waals surface area contributed by atoms with Crippen molar-refractivity contribution in [1.29, 1.82) is 0 Å². The van der Waals surface area contributed by atoms with Crippen LogP contribution < -0.4 is 4.90 Å². The molecule has 4 aromatic rings. The topological polar surface area (TPSA) is 57.4 Å². The molecule has 1 aliphatic rings. The van der Waals surface area contributed by atoms with Crippen LogP contribution in [0.2, 0.25) is 0 Å². The van der Waals surface area contributed by atoms with E-state index in [0.29, 0.717) is 16.1 Å². The van der Waals surface area contributed by atoms with Crippen LogP contribution in [0.5, 0.6) is 0 Å². The molecule has 4 aromatic carbocycles. The molecule has 0 saturated carbocycles. The van der Waals surface area contributed by atoms with Crippen molar-refractivity contribution in [3.63, 3.8) is 0 Å². The van der Waals surface area contributed by atoms with E-state index >= 15 is 0 Å². The number of rotatable bonds is 4. The van der Waals surface area contributed by atoms with Crippen LogP contribution in [0.1, 0.15) is 15.9 Å². The normalized spacial score (nSPS) is 16.8. The summed E-state index contributed by atoms with van der Waals surface area (Å²) in [5.41, 5.74) is 4.24. The zero-order valence-electron chi connectivity index (χ0n) is 19.1. The summed E-state index contributed by atoms with van der Waals surface area (Å²) in [6.07, 6.45) is 0. The number of benzene rings is 4. The third-order valence-corrected chi connectivity index (χ3v) is 7.21. The Bertz CT molecular complexity index is 1410. The van der Waals surface area contributed by atoms with Crippen molar-refractivity contribution in [2.45, 2.75) is 6.92 Å². The number of carbonyl (C=O) groups is 1. The number of hydrogen-bond acceptors (Lipinski definition) is 3. The van der Waals surface area contributed by atoms with E-state index in [4.69, 9.17) is 9.98 Å². The van der Waals surface area contributed by atoms with Crippen LogP contribution in [0.15, 0.2) is 130 Å². The molecule has 170 valence electrons. The first-order chi connectivity index (χ1) is 17.2. The summed E-state index contributed by atoms with van der Waals surface area (Å²) in [6.45, 7) is 2.05. The molecule has 35 heavy (non-hydrogen) atoms. The average molecular weight is 521 g/mol. The summed E-state index contributed by atoms with van der Waals surface area (Å²) >= 11 is -0.335. The number of aryl methyl sites for hydroxylation is 1. The molecule has 0 bridgehead atoms. The Morgan fingerprint density at radius 2 is 1.23 bits per heavy atom. The number of carbonyl (C=O) groups excluding carboxylic acids is 1. The number of amides is 1. The fraction of sp³-hybridized carbons (Fsp3) is 0.0345. The first kappa shape index (κ1) is 22.7. The van der Waals surface area contributed by atoms with Gasteiger partial charge in [-0.25, -0.2) is 0 Å². The Balaban J connectivity index is 1.68. The summed E-state index contributed by atoms with van der Waals surface area (Å²) in [5, 5.41) is 0. The minimum absolute atomic E-state index is 0.278. The van der Waals surface area contributed by atoms with Gasteiger partial charge in [0.15, 0.2) is 0 Å². The fourth-order valence-electron chi connectivity index (χ4n) is 3.51. The molecule has 6 heteroatoms. The van der Waals surface area contributed by atoms with Gasteiger partial charge in [0.25, 0.3) is 0 Å². The Hall–Kier alpha value is -4.12. The average Bonchev–Trinajstić information content (AvgIpc) is 3.22. The van der Waals surface area contributed by atoms with Crippen molar-refractivity contribution in [2.24, 2.45) is 15.0 Å². The van der Waals surface area contributed by atoms with Crippen LogP contribution in [0.3, 0.4) is 0 Å². The minimum atomic E-state index is -0.335. The summed E-state index contributed by atoms with van der Waals surface area (Å²) in [5.74, 6) is 0.406. The van der Waals surface area contributed by atoms with Crippen LogP contribution in [0, 0.1) is 6.92 Å². The molecule has 1 heterocycles. The van der Waals surface area contributed by atoms with Crippen LogP contribution in [0.4, 0.5) is 17.1 Å². The molecule has 0 radical (unpaired) electrons. The quantitative estimate of drug-likeness (QED) is 0.302. The predicted octanol–water partition coefficient (Wildman–Crippen LogP) is 6.18. The fourth-order valence-corrected chi connectivity index (χ4v) is 5.53. The van der Waals surface area contributed by atoms with E-state index < -0.39 is 0 Å². The number of aliphatic imine (C=N–C) groups is 3. The van der Waals surface area contributed by atoms with Crippen LogP contribution in [-0.2, 0) is 0 Å². The van der Waals surface area contributed by atoms with Gasteiger partial charge in [0, 0.05) is 0 Å². The van der Waals surface area contributed by atoms with Gasteiger partial charge in [-0.15, -0.1) is 0 Å². The van der Waals surface area contributed by atoms with Gasteiger partial charge < -0.3 is 0 Å². The molecule has 0 N–H and O–H groups in total. The molecule has 1 saturated heterocycles. The van der Waals surface area contributed by atoms with E-state index in [1.165, 1.54) is 0 Å². The molecular weight excluding hydrogens is 499 g/mol. The van der Waals surface area contributed by atoms with E-state index in [1.807, 2.05) is 115 Å². The van der Waals surface area contributed by atoms with E-state index in [1.54, 1.807) is 12.1 Å². The molecule has 5 nitrogen and oxygen atoms in total. The second kappa shape index (κ2) is 10.4. The number of nitrogens with zero attached hydrogens (tertiary/aromatic N) is 4. The summed E-state index contributed by atoms with van der Waals surface area (Å²) in [7, 11) is 0. The maximum atomic E-state index is 13.1. The van der Waals surface area contributed by atoms with Crippen LogP contribution in [-0.4, -0.2) is 36.0 Å². The predicted molar refractivity (Wildman–Crippen MR) is 145 cm³/mol. The molecule has 0 aliphatic carbocycles. The van der Waals surface area contributed by atoms with Crippen molar-refractivity contribution in [3.8, 4) is 0 Å². The zero-order chi connectivity index (χ0) is 24.0. The maximum absolute atomic E-state index is 13.1. The number of anilines is 1. The van der Waals surface area contributed by atoms with Crippen molar-refractivity contribution in [1.82, 2.24) is 0 Å². The van der Waals surface area contributed by atoms with Crippen LogP contribution >= 0.6 is 0 Å². The first-order valence-electron chi connectivity index (χ1n) is 11.2. The van der Waals surface area contributed by atoms with Crippen molar-refractivity contribution in [2.75, 3.05) is 4.90 Å². The van der Waals surface area contributed by atoms with E-state index in [2.05, 4.69) is 4.99 Å². The molecule has 0 unspecified atom stereocenters. The third kappa shape index (κ3) is 5.35. The van der Waals surface area contributed by atoms with Gasteiger partial charge in [-0.1, -0.05) is 0 Å². The molecule has 5 rings (SSSR count). The molecule has 0 spiro atoms. The van der Waals surface area contributed by atoms with Gasteiger partial charge >= 0.3 is 211 Å². The van der Waals surface area contributed by atoms with Gasteiger partial charge in [0.2, 0.25) is 0 Å². The standard InChI is InChI=1S/C29H22N4OSe/c1-21-17-19-25(20-18-21)33-26(30-23-13-7-3-8-14-23)28(31-24-15-9-4-10-16-24)35-29(33)32-27(34)22-11-5-2-6-12-22/h2-20H,1H3. The van der Waals surface area contributed by atoms with Gasteiger partial charge in [-0.3, -0.25) is 0 Å². The molecular formula is C29H22N4OSe. The van der Waals surface area contributed by atoms with Crippen LogP contribution in [0.25, 0.3) is 0 Å². The van der Waals surface area contributed by atoms with Gasteiger partial charge in [-0.2, -0.15) is 0 Å². The van der Waals surface area contributed by atoms with Gasteiger partial charge in [-0.05, 0) is 0 Å². The number of hydrogen-bond donors (Lipinski definition) is 0. The van der Waals surface area contributed by atoms with E-state index in [-0.39, 0.29) is 20.9 Å². The Kier molecular flexibility index (Phi) is 6.75. The van der Waals surface area contributed by atoms with E-state index in [0.717, 1.165) is 27.2 Å². The summed E-state index contributed by atoms with van der Waals surface area (Å²) in [6, 6.07) is 36.9. The Morgan fingerprint density at radius 1 is 0.686 bits per heavy atom. The third-order valence-electron chi connectivity index (χ3n) is 5.27. The molecule has 1 amide bonds. The van der Waals surface area contributed by atoms with Gasteiger partial charge in [0.05, 0.1) is 0 Å². The monoisotopic (exact) mass is 522 g/mol. The summed E-state index contributed by atoms with van der Waals surface area (Å²) in [4.78, 5) is 29.5. The Labute approximate surface area is 210 Å². The second-order valence-corrected chi connectivity index (χ2v) is 9.87. The molecule has 1 fully saturated rings. The molecule has 1 aliphatic heterocycles. The second-order valence-electron chi connectivity index (χ2n) is 7.86. The molecule has 0 atom stereocenters. The zero-order valence-corrected chi connectivity index (χ0v) is 20.8. The van der Waals surface area contributed by atoms with Crippen molar-refractivity contribution in [3.05, 3.63) is 126 Å². The van der Waals surface area contributed by atoms with Crippen molar-refractivity contribution >= 4 is 53.1 Å². The Morgan fingerprint density at radius 3 is 1.83 bits per heavy atom.